The molecule has 5 nitrogen and oxygen atoms in total. The highest BCUT2D eigenvalue weighted by molar-refractivity contribution is 5.81. The highest BCUT2D eigenvalue weighted by Crippen LogP contribution is 2.17. The molecule has 0 saturated carbocycles. The van der Waals surface area contributed by atoms with Crippen molar-refractivity contribution in [2.24, 2.45) is 0 Å². The first kappa shape index (κ1) is 12.0. The van der Waals surface area contributed by atoms with Gasteiger partial charge in [-0.3, -0.25) is 0 Å². The average molecular weight is 219 g/mol. The monoisotopic (exact) mass is 219 g/mol. The van der Waals surface area contributed by atoms with Crippen LogP contribution >= 0.6 is 0 Å². The summed E-state index contributed by atoms with van der Waals surface area (Å²) < 4.78 is 0. The third kappa shape index (κ3) is 2.48. The Bertz CT molecular complexity index is 439. The maximum Gasteiger partial charge on any atom is 0.329 e. The molecule has 0 aromatic carbocycles. The molecule has 1 rings (SSSR count). The zero-order chi connectivity index (χ0) is 12.2. The van der Waals surface area contributed by atoms with Crippen molar-refractivity contribution in [3.05, 3.63) is 23.9 Å². The van der Waals surface area contributed by atoms with Crippen molar-refractivity contribution in [2.75, 3.05) is 5.32 Å². The molecule has 0 bridgehead atoms. The number of aromatic nitrogens is 1. The lowest BCUT2D eigenvalue weighted by Gasteiger charge is -2.25. The van der Waals surface area contributed by atoms with Crippen LogP contribution in [0.25, 0.3) is 0 Å². The van der Waals surface area contributed by atoms with Crippen LogP contribution in [0.15, 0.2) is 18.3 Å². The lowest BCUT2D eigenvalue weighted by molar-refractivity contribution is -0.141. The van der Waals surface area contributed by atoms with E-state index in [1.54, 1.807) is 19.9 Å². The van der Waals surface area contributed by atoms with Crippen LogP contribution in [0.1, 0.15) is 25.8 Å². The van der Waals surface area contributed by atoms with E-state index in [1.165, 1.54) is 12.3 Å². The number of carboxylic acids is 1. The summed E-state index contributed by atoms with van der Waals surface area (Å²) in [6.45, 7) is 3.35. The summed E-state index contributed by atoms with van der Waals surface area (Å²) in [6.07, 6.45) is 1.89. The molecule has 0 amide bonds. The van der Waals surface area contributed by atoms with Gasteiger partial charge >= 0.3 is 5.97 Å². The molecule has 0 radical (unpaired) electrons. The fourth-order valence-corrected chi connectivity index (χ4v) is 1.14. The molecule has 5 heteroatoms. The number of rotatable bonds is 4. The number of hydrogen-bond donors (Lipinski definition) is 2. The average Bonchev–Trinajstić information content (AvgIpc) is 2.29. The van der Waals surface area contributed by atoms with E-state index in [0.29, 0.717) is 17.8 Å². The Balaban J connectivity index is 2.95. The van der Waals surface area contributed by atoms with Gasteiger partial charge in [0.25, 0.3) is 0 Å². The van der Waals surface area contributed by atoms with Crippen LogP contribution in [0, 0.1) is 11.3 Å². The summed E-state index contributed by atoms with van der Waals surface area (Å²) in [4.78, 5) is 15.0. The van der Waals surface area contributed by atoms with Crippen LogP contribution in [0.4, 0.5) is 5.82 Å². The molecule has 1 unspecified atom stereocenters. The summed E-state index contributed by atoms with van der Waals surface area (Å²) in [7, 11) is 0. The molecular weight excluding hydrogens is 206 g/mol. The minimum absolute atomic E-state index is 0.394. The Morgan fingerprint density at radius 3 is 2.94 bits per heavy atom. The molecule has 0 saturated heterocycles. The van der Waals surface area contributed by atoms with Gasteiger partial charge in [-0.2, -0.15) is 5.26 Å². The van der Waals surface area contributed by atoms with Crippen molar-refractivity contribution < 1.29 is 9.90 Å². The van der Waals surface area contributed by atoms with E-state index in [-0.39, 0.29) is 0 Å². The van der Waals surface area contributed by atoms with Gasteiger partial charge in [0.05, 0.1) is 11.6 Å². The van der Waals surface area contributed by atoms with Gasteiger partial charge in [0, 0.05) is 6.20 Å². The van der Waals surface area contributed by atoms with E-state index in [9.17, 15) is 4.79 Å². The second kappa shape index (κ2) is 4.62. The fraction of sp³-hybridized carbons (Fsp3) is 0.364. The van der Waals surface area contributed by atoms with Crippen LogP contribution in [-0.4, -0.2) is 21.6 Å². The molecule has 1 heterocycles. The predicted molar refractivity (Wildman–Crippen MR) is 58.9 cm³/mol. The van der Waals surface area contributed by atoms with Gasteiger partial charge in [0.15, 0.2) is 0 Å². The van der Waals surface area contributed by atoms with Crippen LogP contribution in [-0.2, 0) is 4.79 Å². The number of nitrogens with zero attached hydrogens (tertiary/aromatic N) is 2. The smallest absolute Gasteiger partial charge is 0.329 e. The highest BCUT2D eigenvalue weighted by Gasteiger charge is 2.31. The number of hydrogen-bond acceptors (Lipinski definition) is 4. The number of carboxylic acid groups (broad SMARTS) is 1. The van der Waals surface area contributed by atoms with Gasteiger partial charge in [-0.1, -0.05) is 6.92 Å². The Labute approximate surface area is 93.7 Å². The molecule has 84 valence electrons. The summed E-state index contributed by atoms with van der Waals surface area (Å²) in [5, 5.41) is 20.6. The van der Waals surface area contributed by atoms with E-state index < -0.39 is 11.5 Å². The number of nitrogens with one attached hydrogen (secondary N) is 1. The van der Waals surface area contributed by atoms with Gasteiger partial charge in [0.1, 0.15) is 11.4 Å². The van der Waals surface area contributed by atoms with Crippen molar-refractivity contribution in [3.8, 4) is 6.07 Å². The Morgan fingerprint density at radius 2 is 2.44 bits per heavy atom. The minimum Gasteiger partial charge on any atom is -0.480 e. The Kier molecular flexibility index (Phi) is 3.46. The number of nitriles is 1. The zero-order valence-electron chi connectivity index (χ0n) is 9.19. The molecular formula is C11H13N3O2. The normalized spacial score (nSPS) is 13.6. The number of aliphatic carboxylic acids is 1. The molecule has 0 aliphatic rings. The second-order valence-electron chi connectivity index (χ2n) is 3.66. The van der Waals surface area contributed by atoms with E-state index in [0.717, 1.165) is 0 Å². The van der Waals surface area contributed by atoms with E-state index in [4.69, 9.17) is 10.4 Å². The highest BCUT2D eigenvalue weighted by atomic mass is 16.4. The first-order chi connectivity index (χ1) is 7.51. The summed E-state index contributed by atoms with van der Waals surface area (Å²) in [5.41, 5.74) is -0.623. The van der Waals surface area contributed by atoms with Crippen LogP contribution in [0.3, 0.4) is 0 Å². The van der Waals surface area contributed by atoms with E-state index in [1.807, 2.05) is 6.07 Å². The van der Waals surface area contributed by atoms with Crippen LogP contribution in [0.2, 0.25) is 0 Å². The number of pyridine rings is 1. The summed E-state index contributed by atoms with van der Waals surface area (Å²) in [6, 6.07) is 5.06. The van der Waals surface area contributed by atoms with Crippen molar-refractivity contribution in [1.82, 2.24) is 4.98 Å². The van der Waals surface area contributed by atoms with Crippen molar-refractivity contribution in [3.63, 3.8) is 0 Å². The number of carbonyl (C=O) groups is 1. The first-order valence-electron chi connectivity index (χ1n) is 4.89. The zero-order valence-corrected chi connectivity index (χ0v) is 9.19. The van der Waals surface area contributed by atoms with E-state index in [2.05, 4.69) is 10.3 Å². The number of anilines is 1. The van der Waals surface area contributed by atoms with Crippen LogP contribution < -0.4 is 5.32 Å². The Morgan fingerprint density at radius 1 is 1.75 bits per heavy atom. The van der Waals surface area contributed by atoms with Crippen molar-refractivity contribution in [2.45, 2.75) is 25.8 Å². The topological polar surface area (TPSA) is 86.0 Å². The van der Waals surface area contributed by atoms with Gasteiger partial charge < -0.3 is 10.4 Å². The molecule has 0 fully saturated rings. The van der Waals surface area contributed by atoms with Gasteiger partial charge in [-0.25, -0.2) is 9.78 Å². The predicted octanol–water partition coefficient (Wildman–Crippen LogP) is 1.62. The van der Waals surface area contributed by atoms with Crippen molar-refractivity contribution >= 4 is 11.8 Å². The third-order valence-corrected chi connectivity index (χ3v) is 2.47. The first-order valence-corrected chi connectivity index (χ1v) is 4.89. The molecule has 0 aliphatic carbocycles. The largest absolute Gasteiger partial charge is 0.480 e. The summed E-state index contributed by atoms with van der Waals surface area (Å²) >= 11 is 0. The van der Waals surface area contributed by atoms with Crippen LogP contribution in [0.5, 0.6) is 0 Å². The minimum atomic E-state index is -1.07. The Hall–Kier alpha value is -2.09. The maximum atomic E-state index is 11.1. The molecule has 2 N–H and O–H groups in total. The standard InChI is InChI=1S/C11H13N3O2/c1-3-11(2,10(15)16)14-9-6-8(7-12)4-5-13-9/h4-6H,3H2,1-2H3,(H,13,14)(H,15,16). The summed E-state index contributed by atoms with van der Waals surface area (Å²) in [5.74, 6) is -0.551. The molecule has 1 aromatic heterocycles. The molecule has 1 atom stereocenters. The fourth-order valence-electron chi connectivity index (χ4n) is 1.14. The lowest BCUT2D eigenvalue weighted by atomic mass is 9.99. The van der Waals surface area contributed by atoms with Crippen molar-refractivity contribution in [1.29, 1.82) is 5.26 Å². The van der Waals surface area contributed by atoms with Gasteiger partial charge in [-0.05, 0) is 25.5 Å². The maximum absolute atomic E-state index is 11.1. The molecule has 0 aliphatic heterocycles. The molecule has 0 spiro atoms. The SMILES string of the molecule is CCC(C)(Nc1cc(C#N)ccn1)C(=O)O. The van der Waals surface area contributed by atoms with E-state index >= 15 is 0 Å². The lowest BCUT2D eigenvalue weighted by Crippen LogP contribution is -2.42. The third-order valence-electron chi connectivity index (χ3n) is 2.47. The quantitative estimate of drug-likeness (QED) is 0.803. The molecule has 1 aromatic rings. The second-order valence-corrected chi connectivity index (χ2v) is 3.66. The molecule has 16 heavy (non-hydrogen) atoms. The van der Waals surface area contributed by atoms with Gasteiger partial charge in [-0.15, -0.1) is 0 Å². The van der Waals surface area contributed by atoms with Gasteiger partial charge in [0.2, 0.25) is 0 Å².